The van der Waals surface area contributed by atoms with Crippen molar-refractivity contribution in [3.8, 4) is 0 Å². The highest BCUT2D eigenvalue weighted by Crippen LogP contribution is 2.29. The maximum atomic E-state index is 12.7. The van der Waals surface area contributed by atoms with Crippen molar-refractivity contribution in [3.05, 3.63) is 0 Å². The number of carbonyl (C=O) groups is 1. The van der Waals surface area contributed by atoms with Crippen LogP contribution in [-0.2, 0) is 9.53 Å². The van der Waals surface area contributed by atoms with Gasteiger partial charge in [0.25, 0.3) is 0 Å². The van der Waals surface area contributed by atoms with Crippen LogP contribution in [0.3, 0.4) is 0 Å². The summed E-state index contributed by atoms with van der Waals surface area (Å²) in [7, 11) is 0. The van der Waals surface area contributed by atoms with Gasteiger partial charge in [-0.15, -0.1) is 0 Å². The third-order valence-electron chi connectivity index (χ3n) is 2.43. The minimum atomic E-state index is -2.55. The fourth-order valence-corrected chi connectivity index (χ4v) is 1.74. The lowest BCUT2D eigenvalue weighted by Crippen LogP contribution is -2.34. The first-order chi connectivity index (χ1) is 7.20. The molecule has 0 aromatic carbocycles. The number of carbonyl (C=O) groups excluding carboxylic acids is 1. The first-order valence-electron chi connectivity index (χ1n) is 5.21. The summed E-state index contributed by atoms with van der Waals surface area (Å²) in [6.45, 7) is 5.28. The van der Waals surface area contributed by atoms with Crippen LogP contribution in [0.15, 0.2) is 0 Å². The van der Waals surface area contributed by atoms with Crippen molar-refractivity contribution in [3.63, 3.8) is 0 Å². The molecule has 1 heterocycles. The summed E-state index contributed by atoms with van der Waals surface area (Å²) >= 11 is 0. The van der Waals surface area contributed by atoms with E-state index in [0.717, 1.165) is 0 Å². The van der Waals surface area contributed by atoms with E-state index in [2.05, 4.69) is 0 Å². The zero-order valence-corrected chi connectivity index (χ0v) is 9.74. The van der Waals surface area contributed by atoms with Crippen molar-refractivity contribution in [2.75, 3.05) is 13.1 Å². The molecular weight excluding hydrogens is 218 g/mol. The SMILES string of the molecule is CC(C)(C)OC(=O)[C@@H]1CN(N)C[C@H]1C(F)F. The number of nitrogens with two attached hydrogens (primary N) is 1. The number of rotatable bonds is 2. The van der Waals surface area contributed by atoms with Crippen LogP contribution in [0.1, 0.15) is 20.8 Å². The molecule has 1 rings (SSSR count). The van der Waals surface area contributed by atoms with Gasteiger partial charge in [-0.25, -0.2) is 13.8 Å². The Bertz CT molecular complexity index is 266. The minimum Gasteiger partial charge on any atom is -0.460 e. The molecule has 1 aliphatic heterocycles. The van der Waals surface area contributed by atoms with E-state index in [1.807, 2.05) is 0 Å². The minimum absolute atomic E-state index is 0.0293. The number of esters is 1. The number of ether oxygens (including phenoxy) is 1. The van der Waals surface area contributed by atoms with Crippen LogP contribution in [0, 0.1) is 11.8 Å². The summed E-state index contributed by atoms with van der Waals surface area (Å²) in [4.78, 5) is 11.7. The Balaban J connectivity index is 2.67. The summed E-state index contributed by atoms with van der Waals surface area (Å²) < 4.78 is 30.4. The van der Waals surface area contributed by atoms with Crippen molar-refractivity contribution < 1.29 is 18.3 Å². The van der Waals surface area contributed by atoms with E-state index in [1.54, 1.807) is 20.8 Å². The molecule has 0 aliphatic carbocycles. The number of hydrogen-bond acceptors (Lipinski definition) is 4. The molecule has 0 saturated carbocycles. The molecule has 1 saturated heterocycles. The quantitative estimate of drug-likeness (QED) is 0.574. The van der Waals surface area contributed by atoms with Gasteiger partial charge in [-0.3, -0.25) is 10.6 Å². The second-order valence-corrected chi connectivity index (χ2v) is 5.09. The standard InChI is InChI=1S/C10H18F2N2O2/c1-10(2,3)16-9(15)7-5-14(13)4-6(7)8(11)12/h6-8H,4-5,13H2,1-3H3/t6-,7-/m1/s1. The highest BCUT2D eigenvalue weighted by Gasteiger charge is 2.43. The molecular formula is C10H18F2N2O2. The first kappa shape index (κ1) is 13.3. The Hall–Kier alpha value is -0.750. The topological polar surface area (TPSA) is 55.6 Å². The molecule has 94 valence electrons. The molecule has 6 heteroatoms. The monoisotopic (exact) mass is 236 g/mol. The van der Waals surface area contributed by atoms with Crippen LogP contribution in [0.2, 0.25) is 0 Å². The lowest BCUT2D eigenvalue weighted by Gasteiger charge is -2.24. The molecule has 0 amide bonds. The lowest BCUT2D eigenvalue weighted by molar-refractivity contribution is -0.162. The summed E-state index contributed by atoms with van der Waals surface area (Å²) in [5, 5.41) is 1.24. The van der Waals surface area contributed by atoms with E-state index in [1.165, 1.54) is 5.01 Å². The highest BCUT2D eigenvalue weighted by atomic mass is 19.3. The zero-order chi connectivity index (χ0) is 12.5. The van der Waals surface area contributed by atoms with Gasteiger partial charge in [0, 0.05) is 19.0 Å². The lowest BCUT2D eigenvalue weighted by atomic mass is 9.96. The molecule has 0 bridgehead atoms. The fraction of sp³-hybridized carbons (Fsp3) is 0.900. The first-order valence-corrected chi connectivity index (χ1v) is 5.21. The number of hydrogen-bond donors (Lipinski definition) is 1. The maximum absolute atomic E-state index is 12.7. The van der Waals surface area contributed by atoms with Crippen LogP contribution in [0.4, 0.5) is 8.78 Å². The Morgan fingerprint density at radius 3 is 2.44 bits per heavy atom. The van der Waals surface area contributed by atoms with Crippen molar-refractivity contribution in [2.45, 2.75) is 32.8 Å². The number of nitrogens with zero attached hydrogens (tertiary/aromatic N) is 1. The van der Waals surface area contributed by atoms with Gasteiger partial charge >= 0.3 is 5.97 Å². The molecule has 0 aromatic rings. The fourth-order valence-electron chi connectivity index (χ4n) is 1.74. The van der Waals surface area contributed by atoms with Crippen LogP contribution >= 0.6 is 0 Å². The van der Waals surface area contributed by atoms with E-state index < -0.39 is 29.8 Å². The van der Waals surface area contributed by atoms with Gasteiger partial charge < -0.3 is 4.74 Å². The van der Waals surface area contributed by atoms with Gasteiger partial charge in [0.05, 0.1) is 5.92 Å². The molecule has 1 aliphatic rings. The Morgan fingerprint density at radius 2 is 2.00 bits per heavy atom. The average molecular weight is 236 g/mol. The summed E-state index contributed by atoms with van der Waals surface area (Å²) in [6.07, 6.45) is -2.55. The van der Waals surface area contributed by atoms with E-state index in [9.17, 15) is 13.6 Å². The number of halogens is 2. The maximum Gasteiger partial charge on any atom is 0.311 e. The number of alkyl halides is 2. The van der Waals surface area contributed by atoms with Crippen LogP contribution in [0.5, 0.6) is 0 Å². The molecule has 0 radical (unpaired) electrons. The Morgan fingerprint density at radius 1 is 1.44 bits per heavy atom. The summed E-state index contributed by atoms with van der Waals surface area (Å²) in [5.41, 5.74) is -0.661. The van der Waals surface area contributed by atoms with Gasteiger partial charge in [-0.1, -0.05) is 0 Å². The second kappa shape index (κ2) is 4.63. The second-order valence-electron chi connectivity index (χ2n) is 5.09. The van der Waals surface area contributed by atoms with Gasteiger partial charge in [0.2, 0.25) is 6.43 Å². The number of hydrazine groups is 1. The Kier molecular flexibility index (Phi) is 3.85. The average Bonchev–Trinajstić information content (AvgIpc) is 2.44. The molecule has 2 N–H and O–H groups in total. The van der Waals surface area contributed by atoms with E-state index >= 15 is 0 Å². The Labute approximate surface area is 93.7 Å². The smallest absolute Gasteiger partial charge is 0.311 e. The summed E-state index contributed by atoms with van der Waals surface area (Å²) in [5.74, 6) is 3.00. The van der Waals surface area contributed by atoms with Crippen molar-refractivity contribution in [1.29, 1.82) is 0 Å². The van der Waals surface area contributed by atoms with Crippen molar-refractivity contribution in [1.82, 2.24) is 5.01 Å². The predicted molar refractivity (Wildman–Crippen MR) is 54.6 cm³/mol. The van der Waals surface area contributed by atoms with Gasteiger partial charge in [-0.2, -0.15) is 0 Å². The third kappa shape index (κ3) is 3.38. The van der Waals surface area contributed by atoms with Gasteiger partial charge in [-0.05, 0) is 20.8 Å². The normalized spacial score (nSPS) is 27.4. The van der Waals surface area contributed by atoms with E-state index in [-0.39, 0.29) is 13.1 Å². The van der Waals surface area contributed by atoms with Gasteiger partial charge in [0.1, 0.15) is 5.60 Å². The van der Waals surface area contributed by atoms with Gasteiger partial charge in [0.15, 0.2) is 0 Å². The molecule has 0 aromatic heterocycles. The van der Waals surface area contributed by atoms with E-state index in [4.69, 9.17) is 10.6 Å². The molecule has 16 heavy (non-hydrogen) atoms. The van der Waals surface area contributed by atoms with Crippen LogP contribution in [-0.4, -0.2) is 36.1 Å². The highest BCUT2D eigenvalue weighted by molar-refractivity contribution is 5.74. The molecule has 0 unspecified atom stereocenters. The van der Waals surface area contributed by atoms with Crippen LogP contribution < -0.4 is 5.84 Å². The van der Waals surface area contributed by atoms with E-state index in [0.29, 0.717) is 0 Å². The summed E-state index contributed by atoms with van der Waals surface area (Å²) in [6, 6.07) is 0. The molecule has 1 fully saturated rings. The zero-order valence-electron chi connectivity index (χ0n) is 9.74. The predicted octanol–water partition coefficient (Wildman–Crippen LogP) is 1.01. The van der Waals surface area contributed by atoms with Crippen LogP contribution in [0.25, 0.3) is 0 Å². The molecule has 0 spiro atoms. The largest absolute Gasteiger partial charge is 0.460 e. The molecule has 2 atom stereocenters. The van der Waals surface area contributed by atoms with Crippen molar-refractivity contribution in [2.24, 2.45) is 17.7 Å². The molecule has 4 nitrogen and oxygen atoms in total. The third-order valence-corrected chi connectivity index (χ3v) is 2.43. The van der Waals surface area contributed by atoms with Crippen molar-refractivity contribution >= 4 is 5.97 Å².